The molecule has 2 fully saturated rings. The lowest BCUT2D eigenvalue weighted by Gasteiger charge is -2.40. The van der Waals surface area contributed by atoms with Gasteiger partial charge in [0.1, 0.15) is 5.41 Å². The minimum Gasteiger partial charge on any atom is -0.381 e. The molecule has 19 heavy (non-hydrogen) atoms. The van der Waals surface area contributed by atoms with E-state index in [0.29, 0.717) is 32.1 Å². The van der Waals surface area contributed by atoms with Crippen LogP contribution < -0.4 is 0 Å². The van der Waals surface area contributed by atoms with Crippen LogP contribution in [0.25, 0.3) is 0 Å². The molecule has 0 saturated carbocycles. The Labute approximate surface area is 115 Å². The van der Waals surface area contributed by atoms with Gasteiger partial charge in [-0.1, -0.05) is 0 Å². The molecule has 0 aliphatic carbocycles. The van der Waals surface area contributed by atoms with E-state index in [1.54, 1.807) is 0 Å². The Morgan fingerprint density at radius 1 is 1.42 bits per heavy atom. The van der Waals surface area contributed by atoms with Gasteiger partial charge in [-0.2, -0.15) is 5.26 Å². The van der Waals surface area contributed by atoms with Crippen LogP contribution in [-0.4, -0.2) is 62.1 Å². The van der Waals surface area contributed by atoms with Gasteiger partial charge < -0.3 is 14.5 Å². The van der Waals surface area contributed by atoms with E-state index >= 15 is 0 Å². The van der Waals surface area contributed by atoms with Crippen LogP contribution in [0.4, 0.5) is 0 Å². The summed E-state index contributed by atoms with van der Waals surface area (Å²) < 4.78 is 5.29. The summed E-state index contributed by atoms with van der Waals surface area (Å²) in [4.78, 5) is 16.8. The van der Waals surface area contributed by atoms with Crippen molar-refractivity contribution < 1.29 is 9.53 Å². The Bertz CT molecular complexity index is 369. The third-order valence-electron chi connectivity index (χ3n) is 4.38. The van der Waals surface area contributed by atoms with Gasteiger partial charge in [0.15, 0.2) is 0 Å². The summed E-state index contributed by atoms with van der Waals surface area (Å²) in [6.45, 7) is 2.57. The molecule has 1 atom stereocenters. The summed E-state index contributed by atoms with van der Waals surface area (Å²) in [6.07, 6.45) is 3.21. The van der Waals surface area contributed by atoms with Gasteiger partial charge in [-0.15, -0.1) is 0 Å². The molecule has 2 rings (SSSR count). The first-order valence-corrected chi connectivity index (χ1v) is 7.04. The zero-order chi connectivity index (χ0) is 13.9. The molecule has 0 radical (unpaired) electrons. The zero-order valence-corrected chi connectivity index (χ0v) is 11.9. The molecule has 0 spiro atoms. The molecule has 0 aromatic rings. The van der Waals surface area contributed by atoms with Gasteiger partial charge in [-0.3, -0.25) is 4.79 Å². The van der Waals surface area contributed by atoms with Crippen molar-refractivity contribution in [1.29, 1.82) is 5.26 Å². The van der Waals surface area contributed by atoms with Crippen LogP contribution in [0.15, 0.2) is 0 Å². The van der Waals surface area contributed by atoms with Gasteiger partial charge in [0.05, 0.1) is 6.07 Å². The van der Waals surface area contributed by atoms with Crippen LogP contribution in [0.2, 0.25) is 0 Å². The SMILES string of the molecule is CN(C)C1CCCN(C(=O)C2(C#N)CCOCC2)C1. The molecule has 2 aliphatic heterocycles. The van der Waals surface area contributed by atoms with Gasteiger partial charge in [0, 0.05) is 32.3 Å². The molecular weight excluding hydrogens is 242 g/mol. The molecule has 1 amide bonds. The molecule has 106 valence electrons. The average molecular weight is 265 g/mol. The summed E-state index contributed by atoms with van der Waals surface area (Å²) >= 11 is 0. The summed E-state index contributed by atoms with van der Waals surface area (Å²) in [6, 6.07) is 2.68. The molecule has 1 unspecified atom stereocenters. The van der Waals surface area contributed by atoms with Crippen LogP contribution in [0.3, 0.4) is 0 Å². The second-order valence-electron chi connectivity index (χ2n) is 5.82. The first kappa shape index (κ1) is 14.3. The van der Waals surface area contributed by atoms with E-state index in [0.717, 1.165) is 25.9 Å². The molecule has 5 heteroatoms. The highest BCUT2D eigenvalue weighted by Crippen LogP contribution is 2.33. The number of amides is 1. The monoisotopic (exact) mass is 265 g/mol. The molecule has 2 heterocycles. The molecular formula is C14H23N3O2. The number of likely N-dealkylation sites (N-methyl/N-ethyl adjacent to an activating group) is 1. The minimum atomic E-state index is -0.841. The lowest BCUT2D eigenvalue weighted by atomic mass is 9.80. The topological polar surface area (TPSA) is 56.6 Å². The van der Waals surface area contributed by atoms with E-state index in [-0.39, 0.29) is 5.91 Å². The Morgan fingerprint density at radius 2 is 2.11 bits per heavy atom. The minimum absolute atomic E-state index is 0.0184. The highest BCUT2D eigenvalue weighted by Gasteiger charge is 2.44. The van der Waals surface area contributed by atoms with Crippen LogP contribution >= 0.6 is 0 Å². The van der Waals surface area contributed by atoms with E-state index in [9.17, 15) is 10.1 Å². The summed E-state index contributed by atoms with van der Waals surface area (Å²) in [5.41, 5.74) is -0.841. The summed E-state index contributed by atoms with van der Waals surface area (Å²) in [5.74, 6) is 0.0184. The van der Waals surface area contributed by atoms with E-state index in [1.807, 2.05) is 19.0 Å². The van der Waals surface area contributed by atoms with Crippen LogP contribution in [0.1, 0.15) is 25.7 Å². The number of piperidine rings is 1. The Morgan fingerprint density at radius 3 is 2.68 bits per heavy atom. The highest BCUT2D eigenvalue weighted by molar-refractivity contribution is 5.85. The van der Waals surface area contributed by atoms with Crippen molar-refractivity contribution >= 4 is 5.91 Å². The molecule has 0 aromatic carbocycles. The van der Waals surface area contributed by atoms with Crippen LogP contribution in [-0.2, 0) is 9.53 Å². The maximum Gasteiger partial charge on any atom is 0.243 e. The van der Waals surface area contributed by atoms with Crippen molar-refractivity contribution in [1.82, 2.24) is 9.80 Å². The van der Waals surface area contributed by atoms with Crippen molar-refractivity contribution in [2.75, 3.05) is 40.4 Å². The number of nitriles is 1. The lowest BCUT2D eigenvalue weighted by Crippen LogP contribution is -2.53. The van der Waals surface area contributed by atoms with E-state index in [4.69, 9.17) is 4.74 Å². The number of hydrogen-bond donors (Lipinski definition) is 0. The van der Waals surface area contributed by atoms with Gasteiger partial charge in [-0.05, 0) is 39.8 Å². The van der Waals surface area contributed by atoms with Crippen LogP contribution in [0, 0.1) is 16.7 Å². The molecule has 2 saturated heterocycles. The molecule has 5 nitrogen and oxygen atoms in total. The largest absolute Gasteiger partial charge is 0.381 e. The van der Waals surface area contributed by atoms with Gasteiger partial charge in [0.2, 0.25) is 5.91 Å². The number of hydrogen-bond acceptors (Lipinski definition) is 4. The zero-order valence-electron chi connectivity index (χ0n) is 11.9. The lowest BCUT2D eigenvalue weighted by molar-refractivity contribution is -0.145. The van der Waals surface area contributed by atoms with Crippen molar-refractivity contribution in [3.05, 3.63) is 0 Å². The highest BCUT2D eigenvalue weighted by atomic mass is 16.5. The van der Waals surface area contributed by atoms with Crippen molar-refractivity contribution in [2.24, 2.45) is 5.41 Å². The number of rotatable bonds is 2. The maximum atomic E-state index is 12.7. The first-order chi connectivity index (χ1) is 9.09. The fourth-order valence-electron chi connectivity index (χ4n) is 2.96. The van der Waals surface area contributed by atoms with Gasteiger partial charge in [-0.25, -0.2) is 0 Å². The van der Waals surface area contributed by atoms with Crippen molar-refractivity contribution in [3.8, 4) is 6.07 Å². The van der Waals surface area contributed by atoms with E-state index < -0.39 is 5.41 Å². The Balaban J connectivity index is 2.07. The molecule has 0 N–H and O–H groups in total. The maximum absolute atomic E-state index is 12.7. The van der Waals surface area contributed by atoms with E-state index in [2.05, 4.69) is 11.0 Å². The second kappa shape index (κ2) is 5.89. The normalized spacial score (nSPS) is 27.1. The number of likely N-dealkylation sites (tertiary alicyclic amines) is 1. The quantitative estimate of drug-likeness (QED) is 0.743. The summed E-state index contributed by atoms with van der Waals surface area (Å²) in [5, 5.41) is 9.45. The molecule has 0 aromatic heterocycles. The van der Waals surface area contributed by atoms with Crippen molar-refractivity contribution in [2.45, 2.75) is 31.7 Å². The average Bonchev–Trinajstić information content (AvgIpc) is 2.47. The van der Waals surface area contributed by atoms with Crippen LogP contribution in [0.5, 0.6) is 0 Å². The number of ether oxygens (including phenoxy) is 1. The molecule has 0 bridgehead atoms. The third kappa shape index (κ3) is 2.90. The summed E-state index contributed by atoms with van der Waals surface area (Å²) in [7, 11) is 4.10. The molecule has 2 aliphatic rings. The Hall–Kier alpha value is -1.12. The number of carbonyl (C=O) groups is 1. The standard InChI is InChI=1S/C14H23N3O2/c1-16(2)12-4-3-7-17(10-12)13(18)14(11-15)5-8-19-9-6-14/h12H,3-10H2,1-2H3. The predicted molar refractivity (Wildman–Crippen MR) is 71.4 cm³/mol. The fraction of sp³-hybridized carbons (Fsp3) is 0.857. The second-order valence-corrected chi connectivity index (χ2v) is 5.82. The fourth-order valence-corrected chi connectivity index (χ4v) is 2.96. The third-order valence-corrected chi connectivity index (χ3v) is 4.38. The Kier molecular flexibility index (Phi) is 4.43. The van der Waals surface area contributed by atoms with Gasteiger partial charge in [0.25, 0.3) is 0 Å². The van der Waals surface area contributed by atoms with Gasteiger partial charge >= 0.3 is 0 Å². The first-order valence-electron chi connectivity index (χ1n) is 7.04. The van der Waals surface area contributed by atoms with E-state index in [1.165, 1.54) is 0 Å². The van der Waals surface area contributed by atoms with Crippen molar-refractivity contribution in [3.63, 3.8) is 0 Å². The predicted octanol–water partition coefficient (Wildman–Crippen LogP) is 0.859. The number of carbonyl (C=O) groups excluding carboxylic acids is 1. The smallest absolute Gasteiger partial charge is 0.243 e. The number of nitrogens with zero attached hydrogens (tertiary/aromatic N) is 3.